The van der Waals surface area contributed by atoms with Gasteiger partial charge in [0.05, 0.1) is 12.6 Å². The van der Waals surface area contributed by atoms with Crippen LogP contribution in [0.4, 0.5) is 4.39 Å². The van der Waals surface area contributed by atoms with Crippen LogP contribution in [0, 0.1) is 11.7 Å². The lowest BCUT2D eigenvalue weighted by Gasteiger charge is -2.35. The molecule has 2 aromatic rings. The Morgan fingerprint density at radius 1 is 1.11 bits per heavy atom. The highest BCUT2D eigenvalue weighted by molar-refractivity contribution is 5.84. The van der Waals surface area contributed by atoms with E-state index in [1.807, 2.05) is 24.3 Å². The van der Waals surface area contributed by atoms with Crippen LogP contribution in [-0.4, -0.2) is 57.6 Å². The Morgan fingerprint density at radius 3 is 2.41 bits per heavy atom. The number of carbonyl (C=O) groups is 2. The fourth-order valence-electron chi connectivity index (χ4n) is 3.77. The summed E-state index contributed by atoms with van der Waals surface area (Å²) in [6.45, 7) is 2.25. The van der Waals surface area contributed by atoms with E-state index in [-0.39, 0.29) is 35.9 Å². The Balaban J connectivity index is 1.27. The lowest BCUT2D eigenvalue weighted by atomic mass is 10.1. The number of carbonyl (C=O) groups excluding carboxylic acids is 2. The quantitative estimate of drug-likeness (QED) is 0.821. The molecule has 2 fully saturated rings. The van der Waals surface area contributed by atoms with Crippen molar-refractivity contribution in [1.82, 2.24) is 19.6 Å². The number of aromatic nitrogens is 2. The number of amides is 2. The Morgan fingerprint density at radius 2 is 1.78 bits per heavy atom. The monoisotopic (exact) mass is 370 g/mol. The molecule has 4 rings (SSSR count). The largest absolute Gasteiger partial charge is 0.339 e. The number of hydrogen-bond donors (Lipinski definition) is 0. The molecule has 1 saturated carbocycles. The zero-order valence-corrected chi connectivity index (χ0v) is 15.3. The van der Waals surface area contributed by atoms with Gasteiger partial charge in [0.1, 0.15) is 5.82 Å². The second-order valence-electron chi connectivity index (χ2n) is 7.41. The maximum atomic E-state index is 13.0. The van der Waals surface area contributed by atoms with E-state index in [1.54, 1.807) is 21.7 Å². The van der Waals surface area contributed by atoms with Crippen LogP contribution in [0.5, 0.6) is 0 Å². The van der Waals surface area contributed by atoms with Gasteiger partial charge in [-0.1, -0.05) is 12.1 Å². The third kappa shape index (κ3) is 3.86. The molecule has 6 nitrogen and oxygen atoms in total. The molecule has 1 aromatic carbocycles. The zero-order chi connectivity index (χ0) is 19.0. The van der Waals surface area contributed by atoms with Crippen molar-refractivity contribution in [1.29, 1.82) is 0 Å². The van der Waals surface area contributed by atoms with E-state index >= 15 is 0 Å². The first-order valence-electron chi connectivity index (χ1n) is 9.31. The van der Waals surface area contributed by atoms with Crippen LogP contribution in [0.1, 0.15) is 23.5 Å². The standard InChI is InChI=1S/C20H23FN4O2/c1-23-13-15(12-22-23)17-11-18(17)20(27)25-8-6-24(7-9-25)19(26)10-14-2-4-16(21)5-3-14/h2-5,12-13,17-18H,6-11H2,1H3. The van der Waals surface area contributed by atoms with Crippen molar-refractivity contribution in [2.45, 2.75) is 18.8 Å². The molecule has 1 aromatic heterocycles. The lowest BCUT2D eigenvalue weighted by Crippen LogP contribution is -2.51. The molecule has 1 aliphatic carbocycles. The Labute approximate surface area is 157 Å². The predicted molar refractivity (Wildman–Crippen MR) is 97.3 cm³/mol. The number of aryl methyl sites for hydroxylation is 1. The molecule has 2 heterocycles. The van der Waals surface area contributed by atoms with E-state index in [0.29, 0.717) is 26.2 Å². The normalized spacial score (nSPS) is 22.0. The van der Waals surface area contributed by atoms with Crippen molar-refractivity contribution < 1.29 is 14.0 Å². The highest BCUT2D eigenvalue weighted by Gasteiger charge is 2.46. The molecule has 0 bridgehead atoms. The van der Waals surface area contributed by atoms with E-state index in [9.17, 15) is 14.0 Å². The number of nitrogens with zero attached hydrogens (tertiary/aromatic N) is 4. The molecule has 2 aliphatic rings. The Kier molecular flexibility index (Phi) is 4.68. The van der Waals surface area contributed by atoms with Gasteiger partial charge in [-0.25, -0.2) is 4.39 Å². The molecule has 7 heteroatoms. The van der Waals surface area contributed by atoms with Crippen molar-refractivity contribution in [2.24, 2.45) is 13.0 Å². The number of rotatable bonds is 4. The molecule has 0 spiro atoms. The summed E-state index contributed by atoms with van der Waals surface area (Å²) in [6, 6.07) is 6.01. The maximum absolute atomic E-state index is 13.0. The summed E-state index contributed by atoms with van der Waals surface area (Å²) >= 11 is 0. The number of benzene rings is 1. The van der Waals surface area contributed by atoms with Gasteiger partial charge in [0, 0.05) is 45.3 Å². The van der Waals surface area contributed by atoms with Crippen LogP contribution in [-0.2, 0) is 23.1 Å². The average Bonchev–Trinajstić information content (AvgIpc) is 3.36. The second kappa shape index (κ2) is 7.13. The lowest BCUT2D eigenvalue weighted by molar-refractivity contribution is -0.140. The number of hydrogen-bond acceptors (Lipinski definition) is 3. The minimum atomic E-state index is -0.303. The third-order valence-corrected chi connectivity index (χ3v) is 5.47. The van der Waals surface area contributed by atoms with Crippen molar-refractivity contribution in [3.05, 3.63) is 53.6 Å². The molecule has 1 aliphatic heterocycles. The molecule has 0 radical (unpaired) electrons. The summed E-state index contributed by atoms with van der Waals surface area (Å²) in [5, 5.41) is 4.18. The first kappa shape index (κ1) is 17.7. The third-order valence-electron chi connectivity index (χ3n) is 5.47. The van der Waals surface area contributed by atoms with Crippen molar-refractivity contribution in [3.63, 3.8) is 0 Å². The average molecular weight is 370 g/mol. The molecule has 27 heavy (non-hydrogen) atoms. The van der Waals surface area contributed by atoms with Crippen molar-refractivity contribution >= 4 is 11.8 Å². The maximum Gasteiger partial charge on any atom is 0.227 e. The molecule has 2 atom stereocenters. The van der Waals surface area contributed by atoms with Crippen LogP contribution in [0.2, 0.25) is 0 Å². The molecule has 142 valence electrons. The van der Waals surface area contributed by atoms with Crippen molar-refractivity contribution in [3.8, 4) is 0 Å². The van der Waals surface area contributed by atoms with Crippen LogP contribution < -0.4 is 0 Å². The SMILES string of the molecule is Cn1cc(C2CC2C(=O)N2CCN(C(=O)Cc3ccc(F)cc3)CC2)cn1. The minimum Gasteiger partial charge on any atom is -0.339 e. The zero-order valence-electron chi connectivity index (χ0n) is 15.3. The fourth-order valence-corrected chi connectivity index (χ4v) is 3.77. The predicted octanol–water partition coefficient (Wildman–Crippen LogP) is 1.58. The highest BCUT2D eigenvalue weighted by Crippen LogP contribution is 2.48. The summed E-state index contributed by atoms with van der Waals surface area (Å²) in [6.07, 6.45) is 4.96. The van der Waals surface area contributed by atoms with Crippen LogP contribution in [0.15, 0.2) is 36.7 Å². The van der Waals surface area contributed by atoms with Gasteiger partial charge in [-0.2, -0.15) is 5.10 Å². The Hall–Kier alpha value is -2.70. The Bertz CT molecular complexity index is 840. The topological polar surface area (TPSA) is 58.4 Å². The van der Waals surface area contributed by atoms with Gasteiger partial charge in [0.15, 0.2) is 0 Å². The molecule has 2 unspecified atom stereocenters. The van der Waals surface area contributed by atoms with E-state index < -0.39 is 0 Å². The number of halogens is 1. The van der Waals surface area contributed by atoms with Gasteiger partial charge in [0.25, 0.3) is 0 Å². The van der Waals surface area contributed by atoms with E-state index in [2.05, 4.69) is 5.10 Å². The summed E-state index contributed by atoms with van der Waals surface area (Å²) in [4.78, 5) is 28.8. The van der Waals surface area contributed by atoms with Gasteiger partial charge in [-0.05, 0) is 35.6 Å². The summed E-state index contributed by atoms with van der Waals surface area (Å²) in [7, 11) is 1.88. The summed E-state index contributed by atoms with van der Waals surface area (Å²) in [5.41, 5.74) is 1.93. The molecular weight excluding hydrogens is 347 g/mol. The van der Waals surface area contributed by atoms with Gasteiger partial charge in [0.2, 0.25) is 11.8 Å². The minimum absolute atomic E-state index is 0.0216. The highest BCUT2D eigenvalue weighted by atomic mass is 19.1. The first-order valence-corrected chi connectivity index (χ1v) is 9.31. The first-order chi connectivity index (χ1) is 13.0. The van der Waals surface area contributed by atoms with E-state index in [0.717, 1.165) is 17.5 Å². The summed E-state index contributed by atoms with van der Waals surface area (Å²) < 4.78 is 14.7. The molecule has 1 saturated heterocycles. The van der Waals surface area contributed by atoms with E-state index in [1.165, 1.54) is 12.1 Å². The van der Waals surface area contributed by atoms with Gasteiger partial charge >= 0.3 is 0 Å². The fraction of sp³-hybridized carbons (Fsp3) is 0.450. The summed E-state index contributed by atoms with van der Waals surface area (Å²) in [5.74, 6) is 0.242. The molecule has 0 N–H and O–H groups in total. The smallest absolute Gasteiger partial charge is 0.227 e. The van der Waals surface area contributed by atoms with E-state index in [4.69, 9.17) is 0 Å². The molecular formula is C20H23FN4O2. The number of piperazine rings is 1. The van der Waals surface area contributed by atoms with Crippen LogP contribution in [0.3, 0.4) is 0 Å². The van der Waals surface area contributed by atoms with Crippen molar-refractivity contribution in [2.75, 3.05) is 26.2 Å². The molecule has 2 amide bonds. The van der Waals surface area contributed by atoms with Gasteiger partial charge < -0.3 is 9.80 Å². The van der Waals surface area contributed by atoms with Crippen LogP contribution in [0.25, 0.3) is 0 Å². The van der Waals surface area contributed by atoms with Crippen LogP contribution >= 0.6 is 0 Å². The van der Waals surface area contributed by atoms with Gasteiger partial charge in [-0.15, -0.1) is 0 Å². The second-order valence-corrected chi connectivity index (χ2v) is 7.41. The van der Waals surface area contributed by atoms with Gasteiger partial charge in [-0.3, -0.25) is 14.3 Å².